The zero-order valence-electron chi connectivity index (χ0n) is 11.3. The van der Waals surface area contributed by atoms with Crippen molar-refractivity contribution in [3.63, 3.8) is 0 Å². The fraction of sp³-hybridized carbons (Fsp3) is 0.923. The van der Waals surface area contributed by atoms with Crippen molar-refractivity contribution in [2.75, 3.05) is 13.7 Å². The molecule has 0 aromatic heterocycles. The molecule has 17 heavy (non-hydrogen) atoms. The lowest BCUT2D eigenvalue weighted by atomic mass is 9.93. The molecular formula is C13H25NO3. The number of rotatable bonds is 5. The Morgan fingerprint density at radius 1 is 1.53 bits per heavy atom. The van der Waals surface area contributed by atoms with Crippen LogP contribution in [0, 0.1) is 5.92 Å². The summed E-state index contributed by atoms with van der Waals surface area (Å²) in [5, 5.41) is 9.18. The maximum absolute atomic E-state index is 11.2. The van der Waals surface area contributed by atoms with Gasteiger partial charge in [0.15, 0.2) is 0 Å². The predicted molar refractivity (Wildman–Crippen MR) is 67.1 cm³/mol. The number of carbonyl (C=O) groups is 1. The van der Waals surface area contributed by atoms with E-state index in [1.54, 1.807) is 0 Å². The molecule has 1 aliphatic heterocycles. The lowest BCUT2D eigenvalue weighted by Gasteiger charge is -2.39. The van der Waals surface area contributed by atoms with Crippen molar-refractivity contribution >= 4 is 5.97 Å². The van der Waals surface area contributed by atoms with Gasteiger partial charge >= 0.3 is 5.97 Å². The third kappa shape index (κ3) is 3.68. The van der Waals surface area contributed by atoms with Crippen LogP contribution in [0.15, 0.2) is 0 Å². The maximum Gasteiger partial charge on any atom is 0.320 e. The van der Waals surface area contributed by atoms with Gasteiger partial charge in [0, 0.05) is 12.6 Å². The average molecular weight is 243 g/mol. The first-order valence-electron chi connectivity index (χ1n) is 6.53. The van der Waals surface area contributed by atoms with E-state index in [9.17, 15) is 9.90 Å². The molecule has 0 radical (unpaired) electrons. The highest BCUT2D eigenvalue weighted by Crippen LogP contribution is 2.25. The van der Waals surface area contributed by atoms with Crippen molar-refractivity contribution in [2.45, 2.75) is 58.2 Å². The van der Waals surface area contributed by atoms with Gasteiger partial charge in [0.1, 0.15) is 6.04 Å². The van der Waals surface area contributed by atoms with Gasteiger partial charge in [-0.1, -0.05) is 20.8 Å². The van der Waals surface area contributed by atoms with Crippen LogP contribution >= 0.6 is 0 Å². The largest absolute Gasteiger partial charge is 0.480 e. The van der Waals surface area contributed by atoms with Crippen molar-refractivity contribution < 1.29 is 14.6 Å². The minimum Gasteiger partial charge on any atom is -0.480 e. The van der Waals surface area contributed by atoms with E-state index in [-0.39, 0.29) is 12.1 Å². The molecule has 4 heteroatoms. The summed E-state index contributed by atoms with van der Waals surface area (Å²) in [7, 11) is 1.93. The summed E-state index contributed by atoms with van der Waals surface area (Å²) in [4.78, 5) is 13.2. The first kappa shape index (κ1) is 14.5. The number of carboxylic acid groups (broad SMARTS) is 1. The summed E-state index contributed by atoms with van der Waals surface area (Å²) < 4.78 is 5.72. The van der Waals surface area contributed by atoms with Crippen molar-refractivity contribution in [2.24, 2.45) is 5.92 Å². The van der Waals surface area contributed by atoms with Crippen LogP contribution in [0.2, 0.25) is 0 Å². The Labute approximate surface area is 104 Å². The van der Waals surface area contributed by atoms with Crippen LogP contribution in [-0.4, -0.2) is 47.8 Å². The van der Waals surface area contributed by atoms with Gasteiger partial charge in [-0.15, -0.1) is 0 Å². The Morgan fingerprint density at radius 2 is 2.18 bits per heavy atom. The van der Waals surface area contributed by atoms with Gasteiger partial charge in [0.2, 0.25) is 0 Å². The highest BCUT2D eigenvalue weighted by Gasteiger charge is 2.32. The fourth-order valence-corrected chi connectivity index (χ4v) is 2.54. The molecule has 0 bridgehead atoms. The second kappa shape index (κ2) is 6.36. The molecule has 1 saturated heterocycles. The summed E-state index contributed by atoms with van der Waals surface area (Å²) >= 11 is 0. The number of nitrogens with zero attached hydrogens (tertiary/aromatic N) is 1. The second-order valence-corrected chi connectivity index (χ2v) is 5.26. The van der Waals surface area contributed by atoms with Gasteiger partial charge in [-0.2, -0.15) is 0 Å². The molecule has 0 aliphatic carbocycles. The molecule has 1 rings (SSSR count). The van der Waals surface area contributed by atoms with Crippen LogP contribution in [-0.2, 0) is 9.53 Å². The van der Waals surface area contributed by atoms with Crippen molar-refractivity contribution in [3.8, 4) is 0 Å². The highest BCUT2D eigenvalue weighted by atomic mass is 16.5. The van der Waals surface area contributed by atoms with Crippen molar-refractivity contribution in [3.05, 3.63) is 0 Å². The van der Waals surface area contributed by atoms with Crippen molar-refractivity contribution in [1.29, 1.82) is 0 Å². The third-order valence-electron chi connectivity index (χ3n) is 3.77. The Balaban J connectivity index is 2.62. The number of carboxylic acids is 1. The smallest absolute Gasteiger partial charge is 0.320 e. The number of ether oxygens (including phenoxy) is 1. The molecule has 3 atom stereocenters. The zero-order chi connectivity index (χ0) is 13.0. The number of likely N-dealkylation sites (N-methyl/N-ethyl adjacent to an activating group) is 1. The minimum atomic E-state index is -0.720. The summed E-state index contributed by atoms with van der Waals surface area (Å²) in [6.07, 6.45) is 2.79. The Hall–Kier alpha value is -0.610. The quantitative estimate of drug-likeness (QED) is 0.802. The van der Waals surface area contributed by atoms with Crippen LogP contribution in [0.1, 0.15) is 40.0 Å². The average Bonchev–Trinajstić information content (AvgIpc) is 2.29. The van der Waals surface area contributed by atoms with Crippen LogP contribution in [0.5, 0.6) is 0 Å². The van der Waals surface area contributed by atoms with E-state index >= 15 is 0 Å². The number of hydrogen-bond acceptors (Lipinski definition) is 3. The van der Waals surface area contributed by atoms with E-state index in [4.69, 9.17) is 4.74 Å². The number of aliphatic carboxylic acids is 1. The molecule has 0 spiro atoms. The van der Waals surface area contributed by atoms with Gasteiger partial charge < -0.3 is 9.84 Å². The Morgan fingerprint density at radius 3 is 2.65 bits per heavy atom. The van der Waals surface area contributed by atoms with Gasteiger partial charge in [-0.05, 0) is 32.2 Å². The first-order chi connectivity index (χ1) is 7.97. The van der Waals surface area contributed by atoms with E-state index in [0.29, 0.717) is 18.4 Å². The molecule has 1 N–H and O–H groups in total. The Kier molecular flexibility index (Phi) is 5.40. The normalized spacial score (nSPS) is 27.4. The summed E-state index contributed by atoms with van der Waals surface area (Å²) in [6.45, 7) is 6.98. The molecule has 0 amide bonds. The second-order valence-electron chi connectivity index (χ2n) is 5.26. The molecule has 4 nitrogen and oxygen atoms in total. The van der Waals surface area contributed by atoms with Gasteiger partial charge in [0.25, 0.3) is 0 Å². The summed E-state index contributed by atoms with van der Waals surface area (Å²) in [5.74, 6) is -0.223. The van der Waals surface area contributed by atoms with Crippen LogP contribution < -0.4 is 0 Å². The van der Waals surface area contributed by atoms with Crippen LogP contribution in [0.3, 0.4) is 0 Å². The fourth-order valence-electron chi connectivity index (χ4n) is 2.54. The highest BCUT2D eigenvalue weighted by molar-refractivity contribution is 5.73. The van der Waals surface area contributed by atoms with Gasteiger partial charge in [0.05, 0.1) is 6.10 Å². The van der Waals surface area contributed by atoms with Crippen LogP contribution in [0.4, 0.5) is 0 Å². The maximum atomic E-state index is 11.2. The monoisotopic (exact) mass is 243 g/mol. The van der Waals surface area contributed by atoms with Gasteiger partial charge in [-0.3, -0.25) is 9.69 Å². The molecule has 100 valence electrons. The van der Waals surface area contributed by atoms with E-state index in [1.165, 1.54) is 0 Å². The SMILES string of the molecule is CCC(C(=O)O)N(C)C1CCOC(C(C)C)C1. The van der Waals surface area contributed by atoms with Crippen molar-refractivity contribution in [1.82, 2.24) is 4.90 Å². The molecular weight excluding hydrogens is 218 g/mol. The lowest BCUT2D eigenvalue weighted by molar-refractivity contribution is -0.145. The minimum absolute atomic E-state index is 0.266. The zero-order valence-corrected chi connectivity index (χ0v) is 11.3. The summed E-state index contributed by atoms with van der Waals surface area (Å²) in [5.41, 5.74) is 0. The molecule has 0 aromatic rings. The lowest BCUT2D eigenvalue weighted by Crippen LogP contribution is -2.49. The predicted octanol–water partition coefficient (Wildman–Crippen LogP) is 1.98. The Bertz CT molecular complexity index is 255. The van der Waals surface area contributed by atoms with E-state index < -0.39 is 5.97 Å². The van der Waals surface area contributed by atoms with E-state index in [2.05, 4.69) is 13.8 Å². The molecule has 3 unspecified atom stereocenters. The summed E-state index contributed by atoms with van der Waals surface area (Å²) in [6, 6.07) is -0.0388. The third-order valence-corrected chi connectivity index (χ3v) is 3.77. The van der Waals surface area contributed by atoms with E-state index in [1.807, 2.05) is 18.9 Å². The molecule has 0 aromatic carbocycles. The molecule has 1 fully saturated rings. The first-order valence-corrected chi connectivity index (χ1v) is 6.53. The molecule has 1 heterocycles. The number of hydrogen-bond donors (Lipinski definition) is 1. The molecule has 1 aliphatic rings. The molecule has 0 saturated carbocycles. The van der Waals surface area contributed by atoms with Gasteiger partial charge in [-0.25, -0.2) is 0 Å². The standard InChI is InChI=1S/C13H25NO3/c1-5-11(13(15)16)14(4)10-6-7-17-12(8-10)9(2)3/h9-12H,5-8H2,1-4H3,(H,15,16). The van der Waals surface area contributed by atoms with Crippen LogP contribution in [0.25, 0.3) is 0 Å². The topological polar surface area (TPSA) is 49.8 Å². The van der Waals surface area contributed by atoms with E-state index in [0.717, 1.165) is 19.4 Å².